The van der Waals surface area contributed by atoms with Crippen molar-refractivity contribution in [3.05, 3.63) is 56.7 Å². The Kier molecular flexibility index (Phi) is 4.90. The van der Waals surface area contributed by atoms with Gasteiger partial charge in [-0.2, -0.15) is 0 Å². The molecule has 112 valence electrons. The van der Waals surface area contributed by atoms with Crippen LogP contribution in [-0.4, -0.2) is 8.42 Å². The van der Waals surface area contributed by atoms with Gasteiger partial charge in [0.15, 0.2) is 0 Å². The Labute approximate surface area is 138 Å². The molecular weight excluding hydrogens is 399 g/mol. The summed E-state index contributed by atoms with van der Waals surface area (Å²) in [6.07, 6.45) is 0. The molecule has 4 nitrogen and oxygen atoms in total. The van der Waals surface area contributed by atoms with Crippen LogP contribution in [0.15, 0.2) is 41.3 Å². The molecule has 2 aromatic rings. The minimum absolute atomic E-state index is 0.271. The van der Waals surface area contributed by atoms with Crippen molar-refractivity contribution in [2.45, 2.75) is 25.3 Å². The van der Waals surface area contributed by atoms with Gasteiger partial charge in [-0.25, -0.2) is 8.42 Å². The number of halogens is 1. The number of sulfonamides is 1. The van der Waals surface area contributed by atoms with Gasteiger partial charge in [0, 0.05) is 15.8 Å². The average Bonchev–Trinajstić information content (AvgIpc) is 2.37. The number of nitrogens with two attached hydrogens (primary N) is 1. The van der Waals surface area contributed by atoms with E-state index in [1.54, 1.807) is 25.1 Å². The summed E-state index contributed by atoms with van der Waals surface area (Å²) in [5, 5.41) is 0. The van der Waals surface area contributed by atoms with Crippen LogP contribution in [0, 0.1) is 17.4 Å². The van der Waals surface area contributed by atoms with Gasteiger partial charge in [0.1, 0.15) is 0 Å². The second kappa shape index (κ2) is 6.33. The van der Waals surface area contributed by atoms with Crippen molar-refractivity contribution < 1.29 is 8.42 Å². The minimum Gasteiger partial charge on any atom is -0.326 e. The zero-order valence-electron chi connectivity index (χ0n) is 11.9. The van der Waals surface area contributed by atoms with Crippen LogP contribution in [0.2, 0.25) is 0 Å². The Bertz CT molecular complexity index is 773. The number of nitrogens with one attached hydrogen (secondary N) is 1. The van der Waals surface area contributed by atoms with E-state index in [4.69, 9.17) is 5.73 Å². The molecule has 2 aromatic carbocycles. The molecule has 21 heavy (non-hydrogen) atoms. The number of hydrogen-bond donors (Lipinski definition) is 2. The Balaban J connectivity index is 2.44. The topological polar surface area (TPSA) is 72.2 Å². The molecular formula is C15H17IN2O2S. The molecule has 0 heterocycles. The van der Waals surface area contributed by atoms with Crippen LogP contribution in [0.4, 0.5) is 5.69 Å². The third-order valence-electron chi connectivity index (χ3n) is 3.22. The summed E-state index contributed by atoms with van der Waals surface area (Å²) in [5.41, 5.74) is 8.77. The van der Waals surface area contributed by atoms with Crippen LogP contribution in [0.25, 0.3) is 0 Å². The summed E-state index contributed by atoms with van der Waals surface area (Å²) in [4.78, 5) is 0.271. The van der Waals surface area contributed by atoms with E-state index in [0.29, 0.717) is 17.8 Å². The van der Waals surface area contributed by atoms with E-state index in [9.17, 15) is 8.42 Å². The van der Waals surface area contributed by atoms with Gasteiger partial charge in [0.05, 0.1) is 4.90 Å². The number of benzene rings is 2. The molecule has 0 saturated carbocycles. The van der Waals surface area contributed by atoms with Gasteiger partial charge >= 0.3 is 0 Å². The quantitative estimate of drug-likeness (QED) is 0.753. The monoisotopic (exact) mass is 416 g/mol. The molecule has 0 radical (unpaired) electrons. The molecule has 2 rings (SSSR count). The second-order valence-corrected chi connectivity index (χ2v) is 7.76. The van der Waals surface area contributed by atoms with Gasteiger partial charge in [-0.1, -0.05) is 12.1 Å². The predicted octanol–water partition coefficient (Wildman–Crippen LogP) is 3.17. The lowest BCUT2D eigenvalue weighted by molar-refractivity contribution is 0.600. The van der Waals surface area contributed by atoms with Crippen LogP contribution in [0.5, 0.6) is 0 Å². The Morgan fingerprint density at radius 1 is 1.14 bits per heavy atom. The standard InChI is InChI=1S/C15H17IN2O2S/c1-10-6-11(2)15(7-12(10)9-17)21(19,20)18-14-5-3-4-13(16)8-14/h3-8,18H,9,17H2,1-2H3. The van der Waals surface area contributed by atoms with E-state index in [1.165, 1.54) is 0 Å². The first kappa shape index (κ1) is 16.3. The molecule has 0 fully saturated rings. The maximum absolute atomic E-state index is 12.6. The maximum Gasteiger partial charge on any atom is 0.262 e. The van der Waals surface area contributed by atoms with E-state index in [0.717, 1.165) is 14.7 Å². The highest BCUT2D eigenvalue weighted by Crippen LogP contribution is 2.23. The highest BCUT2D eigenvalue weighted by molar-refractivity contribution is 14.1. The lowest BCUT2D eigenvalue weighted by atomic mass is 10.1. The summed E-state index contributed by atoms with van der Waals surface area (Å²) >= 11 is 2.14. The second-order valence-electron chi connectivity index (χ2n) is 4.86. The van der Waals surface area contributed by atoms with Crippen molar-refractivity contribution in [2.75, 3.05) is 4.72 Å². The lowest BCUT2D eigenvalue weighted by Crippen LogP contribution is -2.15. The van der Waals surface area contributed by atoms with Gasteiger partial charge in [0.2, 0.25) is 0 Å². The summed E-state index contributed by atoms with van der Waals surface area (Å²) in [7, 11) is -3.62. The zero-order chi connectivity index (χ0) is 15.6. The molecule has 0 bridgehead atoms. The Morgan fingerprint density at radius 3 is 2.48 bits per heavy atom. The van der Waals surface area contributed by atoms with Gasteiger partial charge < -0.3 is 5.73 Å². The zero-order valence-corrected chi connectivity index (χ0v) is 14.8. The van der Waals surface area contributed by atoms with Crippen LogP contribution in [-0.2, 0) is 16.6 Å². The third kappa shape index (κ3) is 3.75. The highest BCUT2D eigenvalue weighted by Gasteiger charge is 2.18. The van der Waals surface area contributed by atoms with Crippen molar-refractivity contribution in [2.24, 2.45) is 5.73 Å². The summed E-state index contributed by atoms with van der Waals surface area (Å²) < 4.78 is 28.7. The van der Waals surface area contributed by atoms with E-state index in [-0.39, 0.29) is 4.90 Å². The lowest BCUT2D eigenvalue weighted by Gasteiger charge is -2.13. The van der Waals surface area contributed by atoms with Gasteiger partial charge in [-0.15, -0.1) is 0 Å². The Hall–Kier alpha value is -1.12. The van der Waals surface area contributed by atoms with Crippen molar-refractivity contribution >= 4 is 38.3 Å². The maximum atomic E-state index is 12.6. The van der Waals surface area contributed by atoms with Crippen LogP contribution >= 0.6 is 22.6 Å². The van der Waals surface area contributed by atoms with Crippen LogP contribution in [0.3, 0.4) is 0 Å². The SMILES string of the molecule is Cc1cc(C)c(S(=O)(=O)Nc2cccc(I)c2)cc1CN. The molecule has 0 aliphatic heterocycles. The first-order valence-corrected chi connectivity index (χ1v) is 8.98. The summed E-state index contributed by atoms with van der Waals surface area (Å²) in [6.45, 7) is 4.03. The molecule has 0 unspecified atom stereocenters. The highest BCUT2D eigenvalue weighted by atomic mass is 127. The largest absolute Gasteiger partial charge is 0.326 e. The first-order chi connectivity index (χ1) is 9.83. The number of anilines is 1. The smallest absolute Gasteiger partial charge is 0.262 e. The fourth-order valence-corrected chi connectivity index (χ4v) is 4.02. The molecule has 0 aliphatic rings. The van der Waals surface area contributed by atoms with Crippen molar-refractivity contribution in [3.63, 3.8) is 0 Å². The van der Waals surface area contributed by atoms with E-state index in [1.807, 2.05) is 25.1 Å². The van der Waals surface area contributed by atoms with Gasteiger partial charge in [-0.3, -0.25) is 4.72 Å². The molecule has 0 saturated heterocycles. The normalized spacial score (nSPS) is 11.4. The minimum atomic E-state index is -3.62. The molecule has 6 heteroatoms. The average molecular weight is 416 g/mol. The molecule has 3 N–H and O–H groups in total. The fraction of sp³-hybridized carbons (Fsp3) is 0.200. The third-order valence-corrected chi connectivity index (χ3v) is 5.41. The van der Waals surface area contributed by atoms with Crippen LogP contribution < -0.4 is 10.5 Å². The van der Waals surface area contributed by atoms with E-state index < -0.39 is 10.0 Å². The Morgan fingerprint density at radius 2 is 1.86 bits per heavy atom. The van der Waals surface area contributed by atoms with Crippen molar-refractivity contribution in [1.82, 2.24) is 0 Å². The van der Waals surface area contributed by atoms with Gasteiger partial charge in [-0.05, 0) is 77.4 Å². The number of rotatable bonds is 4. The van der Waals surface area contributed by atoms with E-state index >= 15 is 0 Å². The van der Waals surface area contributed by atoms with Gasteiger partial charge in [0.25, 0.3) is 10.0 Å². The first-order valence-electron chi connectivity index (χ1n) is 6.42. The molecule has 0 atom stereocenters. The molecule has 0 spiro atoms. The van der Waals surface area contributed by atoms with Crippen molar-refractivity contribution in [1.29, 1.82) is 0 Å². The molecule has 0 aliphatic carbocycles. The van der Waals surface area contributed by atoms with Crippen molar-refractivity contribution in [3.8, 4) is 0 Å². The van der Waals surface area contributed by atoms with Crippen LogP contribution in [0.1, 0.15) is 16.7 Å². The molecule has 0 aromatic heterocycles. The molecule has 0 amide bonds. The van der Waals surface area contributed by atoms with E-state index in [2.05, 4.69) is 27.3 Å². The number of hydrogen-bond acceptors (Lipinski definition) is 3. The summed E-state index contributed by atoms with van der Waals surface area (Å²) in [5.74, 6) is 0. The number of aryl methyl sites for hydroxylation is 2. The fourth-order valence-electron chi connectivity index (χ4n) is 2.15. The predicted molar refractivity (Wildman–Crippen MR) is 93.8 cm³/mol. The summed E-state index contributed by atoms with van der Waals surface area (Å²) in [6, 6.07) is 10.7.